The van der Waals surface area contributed by atoms with E-state index in [1.807, 2.05) is 0 Å². The number of halogens is 2. The molecule has 0 aromatic carbocycles. The van der Waals surface area contributed by atoms with Crippen LogP contribution in [-0.2, 0) is 9.53 Å². The lowest BCUT2D eigenvalue weighted by Crippen LogP contribution is -1.93. The van der Waals surface area contributed by atoms with Crippen LogP contribution in [0.2, 0.25) is 0 Å². The third kappa shape index (κ3) is 6.28. The number of esters is 1. The van der Waals surface area contributed by atoms with E-state index in [1.165, 1.54) is 13.2 Å². The monoisotopic (exact) mass is 426 g/mol. The third-order valence-corrected chi connectivity index (χ3v) is 3.64. The standard InChI is InChI=1S/C9H8BrNO2.C6H4BrNO/c1-13-9(12)3-2-7-4-5-11-6-8(7)10;7-6-5(4-9)2-1-3-8-6/h2-6H,1H3;1-4H/b3-2+;. The second-order valence-electron chi connectivity index (χ2n) is 3.75. The molecule has 0 radical (unpaired) electrons. The normalized spacial score (nSPS) is 9.77. The fraction of sp³-hybridized carbons (Fsp3) is 0.0667. The number of ether oxygens (including phenoxy) is 1. The van der Waals surface area contributed by atoms with Gasteiger partial charge in [-0.1, -0.05) is 0 Å². The van der Waals surface area contributed by atoms with Crippen molar-refractivity contribution in [1.29, 1.82) is 0 Å². The van der Waals surface area contributed by atoms with Crippen molar-refractivity contribution in [2.24, 2.45) is 0 Å². The molecule has 5 nitrogen and oxygen atoms in total. The van der Waals surface area contributed by atoms with Crippen LogP contribution in [0.4, 0.5) is 0 Å². The molecule has 114 valence electrons. The molecule has 0 amide bonds. The highest BCUT2D eigenvalue weighted by molar-refractivity contribution is 9.10. The largest absolute Gasteiger partial charge is 0.466 e. The molecule has 0 fully saturated rings. The molecule has 2 heterocycles. The molecular weight excluding hydrogens is 416 g/mol. The van der Waals surface area contributed by atoms with Crippen LogP contribution in [0.3, 0.4) is 0 Å². The smallest absolute Gasteiger partial charge is 0.330 e. The predicted molar refractivity (Wildman–Crippen MR) is 90.3 cm³/mol. The summed E-state index contributed by atoms with van der Waals surface area (Å²) >= 11 is 6.42. The predicted octanol–water partition coefficient (Wildman–Crippen LogP) is 3.69. The molecule has 2 rings (SSSR count). The average Bonchev–Trinajstić information content (AvgIpc) is 2.55. The van der Waals surface area contributed by atoms with Gasteiger partial charge in [0.15, 0.2) is 6.29 Å². The number of aldehydes is 1. The van der Waals surface area contributed by atoms with E-state index in [-0.39, 0.29) is 5.97 Å². The minimum absolute atomic E-state index is 0.372. The van der Waals surface area contributed by atoms with Crippen LogP contribution in [-0.4, -0.2) is 29.3 Å². The lowest BCUT2D eigenvalue weighted by Gasteiger charge is -1.95. The Morgan fingerprint density at radius 3 is 2.55 bits per heavy atom. The first-order chi connectivity index (χ1) is 10.6. The van der Waals surface area contributed by atoms with Crippen molar-refractivity contribution >= 4 is 50.2 Å². The molecule has 0 atom stereocenters. The maximum Gasteiger partial charge on any atom is 0.330 e. The molecular formula is C15H12Br2N2O3. The number of carbonyl (C=O) groups is 2. The number of hydrogen-bond donors (Lipinski definition) is 0. The molecule has 22 heavy (non-hydrogen) atoms. The fourth-order valence-electron chi connectivity index (χ4n) is 1.23. The van der Waals surface area contributed by atoms with Gasteiger partial charge in [-0.05, 0) is 61.7 Å². The van der Waals surface area contributed by atoms with E-state index in [4.69, 9.17) is 0 Å². The van der Waals surface area contributed by atoms with E-state index < -0.39 is 0 Å². The highest BCUT2D eigenvalue weighted by atomic mass is 79.9. The lowest BCUT2D eigenvalue weighted by atomic mass is 10.2. The quantitative estimate of drug-likeness (QED) is 0.323. The SMILES string of the molecule is COC(=O)/C=C/c1ccncc1Br.O=Cc1cccnc1Br. The zero-order valence-corrected chi connectivity index (χ0v) is 14.7. The van der Waals surface area contributed by atoms with E-state index in [1.54, 1.807) is 42.9 Å². The molecule has 0 saturated carbocycles. The van der Waals surface area contributed by atoms with Crippen molar-refractivity contribution in [3.8, 4) is 0 Å². The van der Waals surface area contributed by atoms with Crippen molar-refractivity contribution in [2.75, 3.05) is 7.11 Å². The molecule has 0 unspecified atom stereocenters. The first kappa shape index (κ1) is 18.2. The van der Waals surface area contributed by atoms with E-state index >= 15 is 0 Å². The van der Waals surface area contributed by atoms with Crippen LogP contribution in [0.1, 0.15) is 15.9 Å². The Bertz CT molecular complexity index is 675. The van der Waals surface area contributed by atoms with E-state index in [0.717, 1.165) is 16.3 Å². The number of hydrogen-bond acceptors (Lipinski definition) is 5. The van der Waals surface area contributed by atoms with Crippen molar-refractivity contribution in [1.82, 2.24) is 9.97 Å². The summed E-state index contributed by atoms with van der Waals surface area (Å²) in [6.07, 6.45) is 8.73. The number of aromatic nitrogens is 2. The first-order valence-electron chi connectivity index (χ1n) is 5.99. The molecule has 0 saturated heterocycles. The second-order valence-corrected chi connectivity index (χ2v) is 5.36. The molecule has 2 aromatic heterocycles. The van der Waals surface area contributed by atoms with E-state index in [0.29, 0.717) is 10.2 Å². The van der Waals surface area contributed by atoms with E-state index in [9.17, 15) is 9.59 Å². The number of rotatable bonds is 3. The Hall–Kier alpha value is -1.86. The highest BCUT2D eigenvalue weighted by Crippen LogP contribution is 2.15. The minimum Gasteiger partial charge on any atom is -0.466 e. The van der Waals surface area contributed by atoms with Crippen LogP contribution >= 0.6 is 31.9 Å². The number of nitrogens with zero attached hydrogens (tertiary/aromatic N) is 2. The summed E-state index contributed by atoms with van der Waals surface area (Å²) in [6, 6.07) is 5.21. The summed E-state index contributed by atoms with van der Waals surface area (Å²) in [7, 11) is 1.34. The molecule has 2 aromatic rings. The lowest BCUT2D eigenvalue weighted by molar-refractivity contribution is -0.134. The van der Waals surface area contributed by atoms with Crippen molar-refractivity contribution in [2.45, 2.75) is 0 Å². The summed E-state index contributed by atoms with van der Waals surface area (Å²) in [4.78, 5) is 28.6. The maximum atomic E-state index is 10.8. The Labute approximate surface area is 144 Å². The van der Waals surface area contributed by atoms with Crippen molar-refractivity contribution in [3.05, 3.63) is 63.1 Å². The summed E-state index contributed by atoms with van der Waals surface area (Å²) < 4.78 is 5.90. The van der Waals surface area contributed by atoms with Gasteiger partial charge in [0.2, 0.25) is 0 Å². The molecule has 0 aliphatic rings. The van der Waals surface area contributed by atoms with Crippen LogP contribution in [0.15, 0.2) is 51.9 Å². The summed E-state index contributed by atoms with van der Waals surface area (Å²) in [5.41, 5.74) is 1.47. The summed E-state index contributed by atoms with van der Waals surface area (Å²) in [5, 5.41) is 0. The maximum absolute atomic E-state index is 10.8. The van der Waals surface area contributed by atoms with Crippen molar-refractivity contribution < 1.29 is 14.3 Å². The zero-order valence-electron chi connectivity index (χ0n) is 11.6. The number of carbonyl (C=O) groups excluding carboxylic acids is 2. The van der Waals surface area contributed by atoms with Gasteiger partial charge in [-0.25, -0.2) is 9.78 Å². The van der Waals surface area contributed by atoms with Gasteiger partial charge >= 0.3 is 5.97 Å². The van der Waals surface area contributed by atoms with Gasteiger partial charge < -0.3 is 4.74 Å². The summed E-state index contributed by atoms with van der Waals surface area (Å²) in [5.74, 6) is -0.372. The zero-order chi connectivity index (χ0) is 16.4. The summed E-state index contributed by atoms with van der Waals surface area (Å²) in [6.45, 7) is 0. The van der Waals surface area contributed by atoms with E-state index in [2.05, 4.69) is 46.6 Å². The van der Waals surface area contributed by atoms with Gasteiger partial charge in [0.1, 0.15) is 4.60 Å². The molecule has 0 N–H and O–H groups in total. The van der Waals surface area contributed by atoms with Gasteiger partial charge in [0.05, 0.1) is 7.11 Å². The third-order valence-electron chi connectivity index (χ3n) is 2.32. The molecule has 0 bridgehead atoms. The second kappa shape index (κ2) is 9.97. The van der Waals surface area contributed by atoms with Gasteiger partial charge in [-0.2, -0.15) is 0 Å². The van der Waals surface area contributed by atoms with Crippen LogP contribution in [0.25, 0.3) is 6.08 Å². The Balaban J connectivity index is 0.000000235. The minimum atomic E-state index is -0.372. The van der Waals surface area contributed by atoms with Crippen LogP contribution in [0.5, 0.6) is 0 Å². The molecule has 0 spiro atoms. The number of pyridine rings is 2. The molecule has 0 aliphatic carbocycles. The van der Waals surface area contributed by atoms with Crippen LogP contribution < -0.4 is 0 Å². The van der Waals surface area contributed by atoms with Gasteiger partial charge in [0, 0.05) is 34.7 Å². The van der Waals surface area contributed by atoms with Gasteiger partial charge in [-0.3, -0.25) is 9.78 Å². The topological polar surface area (TPSA) is 69.2 Å². The first-order valence-corrected chi connectivity index (χ1v) is 7.58. The Morgan fingerprint density at radius 2 is 2.00 bits per heavy atom. The van der Waals surface area contributed by atoms with Crippen LogP contribution in [0, 0.1) is 0 Å². The van der Waals surface area contributed by atoms with Gasteiger partial charge in [0.25, 0.3) is 0 Å². The Kier molecular flexibility index (Phi) is 8.24. The van der Waals surface area contributed by atoms with Crippen molar-refractivity contribution in [3.63, 3.8) is 0 Å². The Morgan fingerprint density at radius 1 is 1.23 bits per heavy atom. The molecule has 0 aliphatic heterocycles. The number of methoxy groups -OCH3 is 1. The average molecular weight is 428 g/mol. The molecule has 7 heteroatoms. The van der Waals surface area contributed by atoms with Gasteiger partial charge in [-0.15, -0.1) is 0 Å². The fourth-order valence-corrected chi connectivity index (χ4v) is 1.96. The highest BCUT2D eigenvalue weighted by Gasteiger charge is 1.96.